The molecule has 7 nitrogen and oxygen atoms in total. The van der Waals surface area contributed by atoms with Gasteiger partial charge in [-0.05, 0) is 23.6 Å². The van der Waals surface area contributed by atoms with Crippen molar-refractivity contribution in [1.82, 2.24) is 15.1 Å². The molecule has 0 aliphatic carbocycles. The van der Waals surface area contributed by atoms with Crippen molar-refractivity contribution in [3.63, 3.8) is 0 Å². The molecule has 0 amide bonds. The Morgan fingerprint density at radius 2 is 2.33 bits per heavy atom. The standard InChI is InChI=1S/C13H9N3O4S/c17-13(18)11-9(2-1-4-14-11)19-6-10-15-12(20-16-10)8-3-5-21-7-8/h1-5,7H,6H2,(H,17,18). The molecule has 0 saturated heterocycles. The molecule has 0 saturated carbocycles. The van der Waals surface area contributed by atoms with E-state index in [1.54, 1.807) is 6.07 Å². The third kappa shape index (κ3) is 2.90. The smallest absolute Gasteiger partial charge is 0.358 e. The summed E-state index contributed by atoms with van der Waals surface area (Å²) in [6, 6.07) is 4.98. The zero-order chi connectivity index (χ0) is 14.7. The number of pyridine rings is 1. The van der Waals surface area contributed by atoms with Crippen LogP contribution in [0.1, 0.15) is 16.3 Å². The molecule has 3 rings (SSSR count). The molecule has 3 aromatic rings. The van der Waals surface area contributed by atoms with E-state index in [4.69, 9.17) is 14.4 Å². The summed E-state index contributed by atoms with van der Waals surface area (Å²) in [6.07, 6.45) is 1.39. The molecule has 3 aromatic heterocycles. The van der Waals surface area contributed by atoms with Crippen LogP contribution >= 0.6 is 11.3 Å². The van der Waals surface area contributed by atoms with Crippen molar-refractivity contribution in [2.24, 2.45) is 0 Å². The van der Waals surface area contributed by atoms with Gasteiger partial charge in [0.25, 0.3) is 5.89 Å². The van der Waals surface area contributed by atoms with E-state index in [0.29, 0.717) is 11.7 Å². The topological polar surface area (TPSA) is 98.3 Å². The monoisotopic (exact) mass is 303 g/mol. The molecule has 0 aliphatic rings. The van der Waals surface area contributed by atoms with Crippen molar-refractivity contribution in [1.29, 1.82) is 0 Å². The molecule has 21 heavy (non-hydrogen) atoms. The number of thiophene rings is 1. The molecule has 0 aromatic carbocycles. The highest BCUT2D eigenvalue weighted by molar-refractivity contribution is 7.08. The number of carbonyl (C=O) groups is 1. The van der Waals surface area contributed by atoms with E-state index < -0.39 is 5.97 Å². The van der Waals surface area contributed by atoms with Crippen molar-refractivity contribution in [2.45, 2.75) is 6.61 Å². The fourth-order valence-electron chi connectivity index (χ4n) is 1.63. The lowest BCUT2D eigenvalue weighted by molar-refractivity contribution is 0.0684. The van der Waals surface area contributed by atoms with E-state index in [2.05, 4.69) is 15.1 Å². The Morgan fingerprint density at radius 1 is 1.43 bits per heavy atom. The Balaban J connectivity index is 1.73. The van der Waals surface area contributed by atoms with E-state index in [0.717, 1.165) is 5.56 Å². The number of aromatic nitrogens is 3. The third-order valence-electron chi connectivity index (χ3n) is 2.57. The fraction of sp³-hybridized carbons (Fsp3) is 0.0769. The SMILES string of the molecule is O=C(O)c1ncccc1OCc1noc(-c2ccsc2)n1. The first-order valence-corrected chi connectivity index (χ1v) is 6.84. The van der Waals surface area contributed by atoms with Gasteiger partial charge in [0.2, 0.25) is 5.82 Å². The zero-order valence-corrected chi connectivity index (χ0v) is 11.4. The van der Waals surface area contributed by atoms with Gasteiger partial charge in [0.05, 0.1) is 5.56 Å². The van der Waals surface area contributed by atoms with Crippen LogP contribution in [0.15, 0.2) is 39.7 Å². The summed E-state index contributed by atoms with van der Waals surface area (Å²) in [7, 11) is 0. The van der Waals surface area contributed by atoms with Gasteiger partial charge in [0, 0.05) is 11.6 Å². The van der Waals surface area contributed by atoms with Gasteiger partial charge in [-0.2, -0.15) is 16.3 Å². The second-order valence-corrected chi connectivity index (χ2v) is 4.75. The summed E-state index contributed by atoms with van der Waals surface area (Å²) < 4.78 is 10.5. The average molecular weight is 303 g/mol. The Bertz CT molecular complexity index is 754. The van der Waals surface area contributed by atoms with Crippen molar-refractivity contribution in [3.05, 3.63) is 46.7 Å². The van der Waals surface area contributed by atoms with E-state index in [9.17, 15) is 4.79 Å². The number of carboxylic acid groups (broad SMARTS) is 1. The summed E-state index contributed by atoms with van der Waals surface area (Å²) in [6.45, 7) is -0.000386. The number of ether oxygens (including phenoxy) is 1. The number of hydrogen-bond acceptors (Lipinski definition) is 7. The first-order chi connectivity index (χ1) is 10.2. The lowest BCUT2D eigenvalue weighted by Gasteiger charge is -2.05. The lowest BCUT2D eigenvalue weighted by Crippen LogP contribution is -2.06. The fourth-order valence-corrected chi connectivity index (χ4v) is 2.26. The minimum absolute atomic E-state index is 0.000386. The maximum Gasteiger partial charge on any atom is 0.358 e. The number of aromatic carboxylic acids is 1. The van der Waals surface area contributed by atoms with Crippen molar-refractivity contribution in [3.8, 4) is 17.2 Å². The largest absolute Gasteiger partial charge is 0.483 e. The molecular formula is C13H9N3O4S. The van der Waals surface area contributed by atoms with Gasteiger partial charge < -0.3 is 14.4 Å². The van der Waals surface area contributed by atoms with Gasteiger partial charge in [0.15, 0.2) is 18.1 Å². The zero-order valence-electron chi connectivity index (χ0n) is 10.6. The summed E-state index contributed by atoms with van der Waals surface area (Å²) in [5, 5.41) is 16.6. The molecule has 0 bridgehead atoms. The van der Waals surface area contributed by atoms with Crippen LogP contribution in [0.25, 0.3) is 11.5 Å². The second kappa shape index (κ2) is 5.71. The predicted molar refractivity (Wildman–Crippen MR) is 73.1 cm³/mol. The average Bonchev–Trinajstić information content (AvgIpc) is 3.16. The quantitative estimate of drug-likeness (QED) is 0.773. The molecule has 0 aliphatic heterocycles. The highest BCUT2D eigenvalue weighted by atomic mass is 32.1. The van der Waals surface area contributed by atoms with Crippen LogP contribution in [0.4, 0.5) is 0 Å². The van der Waals surface area contributed by atoms with Crippen molar-refractivity contribution in [2.75, 3.05) is 0 Å². The van der Waals surface area contributed by atoms with Gasteiger partial charge in [-0.15, -0.1) is 0 Å². The van der Waals surface area contributed by atoms with Crippen LogP contribution in [0, 0.1) is 0 Å². The minimum Gasteiger partial charge on any atom is -0.483 e. The van der Waals surface area contributed by atoms with Crippen LogP contribution in [0.2, 0.25) is 0 Å². The molecule has 0 fully saturated rings. The van der Waals surface area contributed by atoms with Crippen LogP contribution < -0.4 is 4.74 Å². The normalized spacial score (nSPS) is 10.5. The Morgan fingerprint density at radius 3 is 3.10 bits per heavy atom. The third-order valence-corrected chi connectivity index (χ3v) is 3.25. The molecule has 0 radical (unpaired) electrons. The second-order valence-electron chi connectivity index (χ2n) is 3.97. The van der Waals surface area contributed by atoms with Gasteiger partial charge >= 0.3 is 5.97 Å². The van der Waals surface area contributed by atoms with Crippen molar-refractivity contribution < 1.29 is 19.2 Å². The highest BCUT2D eigenvalue weighted by Crippen LogP contribution is 2.21. The van der Waals surface area contributed by atoms with Crippen LogP contribution in [0.5, 0.6) is 5.75 Å². The first kappa shape index (κ1) is 13.3. The van der Waals surface area contributed by atoms with Gasteiger partial charge in [0.1, 0.15) is 0 Å². The van der Waals surface area contributed by atoms with Crippen LogP contribution in [0.3, 0.4) is 0 Å². The Labute approximate surface area is 122 Å². The summed E-state index contributed by atoms with van der Waals surface area (Å²) in [4.78, 5) is 18.9. The van der Waals surface area contributed by atoms with Crippen LogP contribution in [-0.4, -0.2) is 26.2 Å². The van der Waals surface area contributed by atoms with E-state index in [1.165, 1.54) is 23.6 Å². The molecular weight excluding hydrogens is 294 g/mol. The number of carboxylic acids is 1. The molecule has 0 unspecified atom stereocenters. The minimum atomic E-state index is -1.15. The number of hydrogen-bond donors (Lipinski definition) is 1. The maximum atomic E-state index is 11.0. The molecule has 106 valence electrons. The molecule has 3 heterocycles. The molecule has 0 spiro atoms. The van der Waals surface area contributed by atoms with Gasteiger partial charge in [-0.1, -0.05) is 5.16 Å². The van der Waals surface area contributed by atoms with Crippen LogP contribution in [-0.2, 0) is 6.61 Å². The Kier molecular flexibility index (Phi) is 3.61. The van der Waals surface area contributed by atoms with Gasteiger partial charge in [-0.3, -0.25) is 0 Å². The number of nitrogens with zero attached hydrogens (tertiary/aromatic N) is 3. The van der Waals surface area contributed by atoms with Crippen molar-refractivity contribution >= 4 is 17.3 Å². The van der Waals surface area contributed by atoms with E-state index >= 15 is 0 Å². The summed E-state index contributed by atoms with van der Waals surface area (Å²) in [5.41, 5.74) is 0.686. The maximum absolute atomic E-state index is 11.0. The predicted octanol–water partition coefficient (Wildman–Crippen LogP) is 2.47. The molecule has 0 atom stereocenters. The Hall–Kier alpha value is -2.74. The van der Waals surface area contributed by atoms with E-state index in [1.807, 2.05) is 16.8 Å². The molecule has 1 N–H and O–H groups in total. The highest BCUT2D eigenvalue weighted by Gasteiger charge is 2.14. The summed E-state index contributed by atoms with van der Waals surface area (Å²) in [5.74, 6) is -0.263. The first-order valence-electron chi connectivity index (χ1n) is 5.90. The van der Waals surface area contributed by atoms with Gasteiger partial charge in [-0.25, -0.2) is 9.78 Å². The summed E-state index contributed by atoms with van der Waals surface area (Å²) >= 11 is 1.53. The molecule has 8 heteroatoms. The number of rotatable bonds is 5. The lowest BCUT2D eigenvalue weighted by atomic mass is 10.3. The van der Waals surface area contributed by atoms with E-state index in [-0.39, 0.29) is 18.1 Å².